The lowest BCUT2D eigenvalue weighted by atomic mass is 10.1. The Bertz CT molecular complexity index is 356. The number of halogens is 1. The molecule has 14 heavy (non-hydrogen) atoms. The molecule has 4 heteroatoms. The summed E-state index contributed by atoms with van der Waals surface area (Å²) in [4.78, 5) is 0.672. The van der Waals surface area contributed by atoms with Crippen molar-refractivity contribution in [1.82, 2.24) is 5.32 Å². The molecule has 0 aliphatic carbocycles. The molecular formula is C10H10FNOS. The highest BCUT2D eigenvalue weighted by atomic mass is 32.1. The van der Waals surface area contributed by atoms with E-state index in [9.17, 15) is 4.39 Å². The molecule has 1 unspecified atom stereocenters. The van der Waals surface area contributed by atoms with Crippen molar-refractivity contribution < 1.29 is 9.13 Å². The van der Waals surface area contributed by atoms with Crippen LogP contribution in [0.2, 0.25) is 0 Å². The van der Waals surface area contributed by atoms with Gasteiger partial charge in [-0.2, -0.15) is 0 Å². The summed E-state index contributed by atoms with van der Waals surface area (Å²) in [7, 11) is 0. The van der Waals surface area contributed by atoms with E-state index in [0.29, 0.717) is 18.2 Å². The molecule has 0 aromatic heterocycles. The molecule has 1 aromatic rings. The molecule has 1 N–H and O–H groups in total. The minimum atomic E-state index is -0.235. The fourth-order valence-corrected chi connectivity index (χ4v) is 1.68. The number of nitrogens with one attached hydrogen (secondary N) is 1. The summed E-state index contributed by atoms with van der Waals surface area (Å²) in [6.45, 7) is 0.991. The highest BCUT2D eigenvalue weighted by Crippen LogP contribution is 2.17. The smallest absolute Gasteiger partial charge is 0.123 e. The molecule has 1 aliphatic heterocycles. The molecule has 74 valence electrons. The third-order valence-corrected chi connectivity index (χ3v) is 2.34. The van der Waals surface area contributed by atoms with Gasteiger partial charge in [0.25, 0.3) is 0 Å². The monoisotopic (exact) mass is 211 g/mol. The van der Waals surface area contributed by atoms with Gasteiger partial charge in [0.15, 0.2) is 0 Å². The summed E-state index contributed by atoms with van der Waals surface area (Å²) in [5, 5.41) is 3.10. The van der Waals surface area contributed by atoms with Crippen molar-refractivity contribution in [2.24, 2.45) is 0 Å². The van der Waals surface area contributed by atoms with Crippen LogP contribution in [0.4, 0.5) is 4.39 Å². The number of rotatable bonds is 1. The number of hydrogen-bond donors (Lipinski definition) is 1. The van der Waals surface area contributed by atoms with Gasteiger partial charge in [0.05, 0.1) is 19.3 Å². The summed E-state index contributed by atoms with van der Waals surface area (Å²) in [6, 6.07) is 6.44. The van der Waals surface area contributed by atoms with Crippen LogP contribution in [0.5, 0.6) is 0 Å². The maximum Gasteiger partial charge on any atom is 0.123 e. The Labute approximate surface area is 87.1 Å². The Kier molecular flexibility index (Phi) is 2.74. The Morgan fingerprint density at radius 2 is 2.36 bits per heavy atom. The lowest BCUT2D eigenvalue weighted by Crippen LogP contribution is -2.38. The zero-order chi connectivity index (χ0) is 9.97. The largest absolute Gasteiger partial charge is 0.372 e. The normalized spacial score (nSPS) is 21.8. The van der Waals surface area contributed by atoms with Crippen molar-refractivity contribution in [3.05, 3.63) is 35.6 Å². The first-order valence-corrected chi connectivity index (χ1v) is 4.79. The van der Waals surface area contributed by atoms with E-state index < -0.39 is 0 Å². The van der Waals surface area contributed by atoms with Crippen molar-refractivity contribution >= 4 is 17.2 Å². The van der Waals surface area contributed by atoms with E-state index in [1.54, 1.807) is 6.07 Å². The summed E-state index contributed by atoms with van der Waals surface area (Å²) in [5.74, 6) is -0.235. The Hall–Kier alpha value is -1.00. The molecule has 1 aliphatic rings. The van der Waals surface area contributed by atoms with Crippen LogP contribution in [0.1, 0.15) is 11.6 Å². The highest BCUT2D eigenvalue weighted by Gasteiger charge is 2.17. The summed E-state index contributed by atoms with van der Waals surface area (Å²) < 4.78 is 18.2. The highest BCUT2D eigenvalue weighted by molar-refractivity contribution is 7.80. The molecule has 0 bridgehead atoms. The molecule has 1 saturated heterocycles. The van der Waals surface area contributed by atoms with Gasteiger partial charge in [-0.3, -0.25) is 0 Å². The lowest BCUT2D eigenvalue weighted by molar-refractivity contribution is 0.130. The van der Waals surface area contributed by atoms with Gasteiger partial charge in [0, 0.05) is 0 Å². The molecule has 1 heterocycles. The van der Waals surface area contributed by atoms with Gasteiger partial charge in [0.2, 0.25) is 0 Å². The number of morpholine rings is 1. The summed E-state index contributed by atoms with van der Waals surface area (Å²) >= 11 is 4.99. The first kappa shape index (κ1) is 9.55. The van der Waals surface area contributed by atoms with Crippen LogP contribution in [-0.4, -0.2) is 18.2 Å². The zero-order valence-electron chi connectivity index (χ0n) is 7.50. The molecule has 2 rings (SSSR count). The molecule has 1 fully saturated rings. The van der Waals surface area contributed by atoms with E-state index in [4.69, 9.17) is 17.0 Å². The standard InChI is InChI=1S/C10H10FNOS/c11-8-3-1-2-7(4-8)9-5-13-6-10(14)12-9/h1-4,9H,5-6H2,(H,12,14). The second kappa shape index (κ2) is 4.02. The molecule has 2 nitrogen and oxygen atoms in total. The molecule has 0 radical (unpaired) electrons. The van der Waals surface area contributed by atoms with E-state index in [1.807, 2.05) is 6.07 Å². The van der Waals surface area contributed by atoms with E-state index >= 15 is 0 Å². The third-order valence-electron chi connectivity index (χ3n) is 2.10. The Balaban J connectivity index is 2.17. The average Bonchev–Trinajstić information content (AvgIpc) is 2.18. The van der Waals surface area contributed by atoms with E-state index in [0.717, 1.165) is 5.56 Å². The first-order chi connectivity index (χ1) is 6.75. The topological polar surface area (TPSA) is 21.3 Å². The van der Waals surface area contributed by atoms with Crippen LogP contribution in [0, 0.1) is 5.82 Å². The van der Waals surface area contributed by atoms with Crippen LogP contribution < -0.4 is 5.32 Å². The van der Waals surface area contributed by atoms with Crippen LogP contribution in [0.15, 0.2) is 24.3 Å². The van der Waals surface area contributed by atoms with Crippen LogP contribution in [0.25, 0.3) is 0 Å². The van der Waals surface area contributed by atoms with Crippen molar-refractivity contribution in [3.63, 3.8) is 0 Å². The Morgan fingerprint density at radius 1 is 1.50 bits per heavy atom. The second-order valence-corrected chi connectivity index (χ2v) is 3.68. The third kappa shape index (κ3) is 2.08. The lowest BCUT2D eigenvalue weighted by Gasteiger charge is -2.25. The fraction of sp³-hybridized carbons (Fsp3) is 0.300. The van der Waals surface area contributed by atoms with Crippen molar-refractivity contribution in [3.8, 4) is 0 Å². The molecule has 0 saturated carbocycles. The van der Waals surface area contributed by atoms with E-state index in [-0.39, 0.29) is 11.9 Å². The predicted octanol–water partition coefficient (Wildman–Crippen LogP) is 1.81. The minimum absolute atomic E-state index is 0.0213. The predicted molar refractivity (Wildman–Crippen MR) is 55.7 cm³/mol. The van der Waals surface area contributed by atoms with E-state index in [2.05, 4.69) is 5.32 Å². The average molecular weight is 211 g/mol. The molecule has 0 spiro atoms. The van der Waals surface area contributed by atoms with Crippen molar-refractivity contribution in [1.29, 1.82) is 0 Å². The Morgan fingerprint density at radius 3 is 3.07 bits per heavy atom. The van der Waals surface area contributed by atoms with Crippen LogP contribution in [0.3, 0.4) is 0 Å². The van der Waals surface area contributed by atoms with Crippen molar-refractivity contribution in [2.75, 3.05) is 13.2 Å². The number of thiocarbonyl (C=S) groups is 1. The molecular weight excluding hydrogens is 201 g/mol. The van der Waals surface area contributed by atoms with Crippen LogP contribution in [-0.2, 0) is 4.74 Å². The number of benzene rings is 1. The van der Waals surface area contributed by atoms with Gasteiger partial charge in [-0.05, 0) is 17.7 Å². The van der Waals surface area contributed by atoms with Gasteiger partial charge in [-0.1, -0.05) is 24.4 Å². The van der Waals surface area contributed by atoms with E-state index in [1.165, 1.54) is 12.1 Å². The summed E-state index contributed by atoms with van der Waals surface area (Å²) in [5.41, 5.74) is 0.868. The SMILES string of the molecule is Fc1cccc(C2COCC(=S)N2)c1. The molecule has 1 atom stereocenters. The maximum atomic E-state index is 12.9. The van der Waals surface area contributed by atoms with Gasteiger partial charge >= 0.3 is 0 Å². The molecule has 1 aromatic carbocycles. The zero-order valence-corrected chi connectivity index (χ0v) is 8.31. The summed E-state index contributed by atoms with van der Waals surface area (Å²) in [6.07, 6.45) is 0. The van der Waals surface area contributed by atoms with Gasteiger partial charge in [0.1, 0.15) is 10.8 Å². The first-order valence-electron chi connectivity index (χ1n) is 4.38. The van der Waals surface area contributed by atoms with Crippen molar-refractivity contribution in [2.45, 2.75) is 6.04 Å². The van der Waals surface area contributed by atoms with Gasteiger partial charge < -0.3 is 10.1 Å². The fourth-order valence-electron chi connectivity index (χ4n) is 1.45. The molecule has 0 amide bonds. The maximum absolute atomic E-state index is 12.9. The van der Waals surface area contributed by atoms with Gasteiger partial charge in [-0.25, -0.2) is 4.39 Å². The quantitative estimate of drug-likeness (QED) is 0.716. The van der Waals surface area contributed by atoms with Gasteiger partial charge in [-0.15, -0.1) is 0 Å². The minimum Gasteiger partial charge on any atom is -0.372 e. The second-order valence-electron chi connectivity index (χ2n) is 3.19. The van der Waals surface area contributed by atoms with Crippen LogP contribution >= 0.6 is 12.2 Å². The number of hydrogen-bond acceptors (Lipinski definition) is 2. The number of ether oxygens (including phenoxy) is 1.